The van der Waals surface area contributed by atoms with E-state index in [1.165, 1.54) is 19.2 Å². The van der Waals surface area contributed by atoms with Crippen LogP contribution in [-0.2, 0) is 0 Å². The highest BCUT2D eigenvalue weighted by molar-refractivity contribution is 6.06. The van der Waals surface area contributed by atoms with Crippen LogP contribution in [0.15, 0.2) is 36.7 Å². The molecule has 5 nitrogen and oxygen atoms in total. The Morgan fingerprint density at radius 2 is 2.16 bits per heavy atom. The minimum Gasteiger partial charge on any atom is -0.507 e. The third kappa shape index (κ3) is 2.82. The van der Waals surface area contributed by atoms with E-state index in [9.17, 15) is 9.90 Å². The van der Waals surface area contributed by atoms with Gasteiger partial charge in [-0.3, -0.25) is 9.78 Å². The molecule has 19 heavy (non-hydrogen) atoms. The summed E-state index contributed by atoms with van der Waals surface area (Å²) >= 11 is 0. The van der Waals surface area contributed by atoms with Gasteiger partial charge in [0.15, 0.2) is 0 Å². The van der Waals surface area contributed by atoms with Crippen LogP contribution >= 0.6 is 0 Å². The molecule has 0 unspecified atom stereocenters. The molecule has 5 heteroatoms. The molecule has 1 heterocycles. The van der Waals surface area contributed by atoms with Gasteiger partial charge in [0.1, 0.15) is 11.5 Å². The first kappa shape index (κ1) is 12.9. The summed E-state index contributed by atoms with van der Waals surface area (Å²) in [6.45, 7) is 1.84. The number of rotatable bonds is 3. The molecule has 1 amide bonds. The van der Waals surface area contributed by atoms with Gasteiger partial charge in [-0.2, -0.15) is 0 Å². The molecule has 2 rings (SSSR count). The first-order valence-electron chi connectivity index (χ1n) is 5.71. The number of anilines is 1. The van der Waals surface area contributed by atoms with Crippen LogP contribution in [-0.4, -0.2) is 23.1 Å². The predicted molar refractivity (Wildman–Crippen MR) is 71.6 cm³/mol. The van der Waals surface area contributed by atoms with Crippen molar-refractivity contribution in [2.45, 2.75) is 6.92 Å². The van der Waals surface area contributed by atoms with E-state index in [2.05, 4.69) is 10.3 Å². The Bertz CT molecular complexity index is 611. The number of ether oxygens (including phenoxy) is 1. The molecular formula is C14H14N2O3. The van der Waals surface area contributed by atoms with Crippen molar-refractivity contribution < 1.29 is 14.6 Å². The normalized spacial score (nSPS) is 10.0. The molecule has 0 aliphatic rings. The topological polar surface area (TPSA) is 71.5 Å². The van der Waals surface area contributed by atoms with Crippen LogP contribution in [0.3, 0.4) is 0 Å². The SMILES string of the molecule is COc1ccc(C(=O)Nc2ccncc2C)c(O)c1. The van der Waals surface area contributed by atoms with Crippen LogP contribution < -0.4 is 10.1 Å². The highest BCUT2D eigenvalue weighted by Crippen LogP contribution is 2.24. The Labute approximate surface area is 110 Å². The van der Waals surface area contributed by atoms with Crippen molar-refractivity contribution in [3.05, 3.63) is 47.8 Å². The van der Waals surface area contributed by atoms with Crippen molar-refractivity contribution in [1.82, 2.24) is 4.98 Å². The van der Waals surface area contributed by atoms with Crippen molar-refractivity contribution in [3.8, 4) is 11.5 Å². The Morgan fingerprint density at radius 1 is 1.37 bits per heavy atom. The molecule has 98 valence electrons. The maximum absolute atomic E-state index is 12.1. The van der Waals surface area contributed by atoms with Gasteiger partial charge >= 0.3 is 0 Å². The molecule has 0 aliphatic heterocycles. The maximum Gasteiger partial charge on any atom is 0.259 e. The lowest BCUT2D eigenvalue weighted by molar-refractivity contribution is 0.102. The zero-order valence-corrected chi connectivity index (χ0v) is 10.7. The molecule has 2 aromatic rings. The number of carbonyl (C=O) groups is 1. The summed E-state index contributed by atoms with van der Waals surface area (Å²) in [5, 5.41) is 12.5. The van der Waals surface area contributed by atoms with Gasteiger partial charge in [-0.25, -0.2) is 0 Å². The van der Waals surface area contributed by atoms with Gasteiger partial charge in [0, 0.05) is 24.1 Å². The fraction of sp³-hybridized carbons (Fsp3) is 0.143. The lowest BCUT2D eigenvalue weighted by Crippen LogP contribution is -2.13. The number of hydrogen-bond acceptors (Lipinski definition) is 4. The molecule has 0 saturated carbocycles. The van der Waals surface area contributed by atoms with Crippen LogP contribution in [0.2, 0.25) is 0 Å². The van der Waals surface area contributed by atoms with Gasteiger partial charge in [-0.05, 0) is 30.7 Å². The number of aromatic hydroxyl groups is 1. The largest absolute Gasteiger partial charge is 0.507 e. The average Bonchev–Trinajstić information content (AvgIpc) is 2.41. The third-order valence-corrected chi connectivity index (χ3v) is 2.72. The van der Waals surface area contributed by atoms with Gasteiger partial charge < -0.3 is 15.2 Å². The minimum atomic E-state index is -0.380. The van der Waals surface area contributed by atoms with Gasteiger partial charge in [0.05, 0.1) is 12.7 Å². The van der Waals surface area contributed by atoms with E-state index in [1.54, 1.807) is 24.5 Å². The molecule has 2 N–H and O–H groups in total. The van der Waals surface area contributed by atoms with Crippen molar-refractivity contribution >= 4 is 11.6 Å². The summed E-state index contributed by atoms with van der Waals surface area (Å²) in [5.41, 5.74) is 1.70. The second-order valence-electron chi connectivity index (χ2n) is 4.03. The first-order valence-corrected chi connectivity index (χ1v) is 5.71. The van der Waals surface area contributed by atoms with Crippen LogP contribution in [0, 0.1) is 6.92 Å². The second kappa shape index (κ2) is 5.39. The molecule has 0 fully saturated rings. The standard InChI is InChI=1S/C14H14N2O3/c1-9-8-15-6-5-12(9)16-14(18)11-4-3-10(19-2)7-13(11)17/h3-8,17H,1-2H3,(H,15,16,18). The highest BCUT2D eigenvalue weighted by Gasteiger charge is 2.13. The van der Waals surface area contributed by atoms with Crippen LogP contribution in [0.4, 0.5) is 5.69 Å². The van der Waals surface area contributed by atoms with Gasteiger partial charge in [-0.1, -0.05) is 0 Å². The molecule has 0 saturated heterocycles. The fourth-order valence-corrected chi connectivity index (χ4v) is 1.63. The molecular weight excluding hydrogens is 244 g/mol. The second-order valence-corrected chi connectivity index (χ2v) is 4.03. The Hall–Kier alpha value is -2.56. The summed E-state index contributed by atoms with van der Waals surface area (Å²) in [6.07, 6.45) is 3.25. The number of carbonyl (C=O) groups excluding carboxylic acids is 1. The number of amides is 1. The number of phenols is 1. The van der Waals surface area contributed by atoms with Crippen molar-refractivity contribution in [2.24, 2.45) is 0 Å². The zero-order chi connectivity index (χ0) is 13.8. The van der Waals surface area contributed by atoms with E-state index in [4.69, 9.17) is 4.74 Å². The quantitative estimate of drug-likeness (QED) is 0.886. The van der Waals surface area contributed by atoms with E-state index < -0.39 is 0 Å². The van der Waals surface area contributed by atoms with E-state index in [1.807, 2.05) is 6.92 Å². The van der Waals surface area contributed by atoms with Crippen molar-refractivity contribution in [2.75, 3.05) is 12.4 Å². The molecule has 0 bridgehead atoms. The highest BCUT2D eigenvalue weighted by atomic mass is 16.5. The maximum atomic E-state index is 12.1. The lowest BCUT2D eigenvalue weighted by Gasteiger charge is -2.09. The number of hydrogen-bond donors (Lipinski definition) is 2. The Kier molecular flexibility index (Phi) is 3.66. The summed E-state index contributed by atoms with van der Waals surface area (Å²) < 4.78 is 4.97. The summed E-state index contributed by atoms with van der Waals surface area (Å²) in [4.78, 5) is 16.0. The molecule has 0 atom stereocenters. The number of nitrogens with zero attached hydrogens (tertiary/aromatic N) is 1. The fourth-order valence-electron chi connectivity index (χ4n) is 1.63. The van der Waals surface area contributed by atoms with Gasteiger partial charge in [-0.15, -0.1) is 0 Å². The van der Waals surface area contributed by atoms with Crippen LogP contribution in [0.5, 0.6) is 11.5 Å². The van der Waals surface area contributed by atoms with E-state index in [0.29, 0.717) is 11.4 Å². The third-order valence-electron chi connectivity index (χ3n) is 2.72. The van der Waals surface area contributed by atoms with E-state index in [-0.39, 0.29) is 17.2 Å². The van der Waals surface area contributed by atoms with Crippen LogP contribution in [0.1, 0.15) is 15.9 Å². The number of phenolic OH excluding ortho intramolecular Hbond substituents is 1. The van der Waals surface area contributed by atoms with Gasteiger partial charge in [0.25, 0.3) is 5.91 Å². The van der Waals surface area contributed by atoms with Crippen LogP contribution in [0.25, 0.3) is 0 Å². The molecule has 0 spiro atoms. The molecule has 1 aromatic carbocycles. The number of methoxy groups -OCH3 is 1. The number of aryl methyl sites for hydroxylation is 1. The Balaban J connectivity index is 2.23. The van der Waals surface area contributed by atoms with Crippen molar-refractivity contribution in [3.63, 3.8) is 0 Å². The number of pyridine rings is 1. The molecule has 0 radical (unpaired) electrons. The summed E-state index contributed by atoms with van der Waals surface area (Å²) in [5.74, 6) is -0.00726. The first-order chi connectivity index (χ1) is 9.11. The number of aromatic nitrogens is 1. The molecule has 1 aromatic heterocycles. The number of benzene rings is 1. The van der Waals surface area contributed by atoms with Crippen molar-refractivity contribution in [1.29, 1.82) is 0 Å². The minimum absolute atomic E-state index is 0.122. The van der Waals surface area contributed by atoms with E-state index >= 15 is 0 Å². The summed E-state index contributed by atoms with van der Waals surface area (Å²) in [6, 6.07) is 6.23. The lowest BCUT2D eigenvalue weighted by atomic mass is 10.1. The monoisotopic (exact) mass is 258 g/mol. The van der Waals surface area contributed by atoms with E-state index in [0.717, 1.165) is 5.56 Å². The smallest absolute Gasteiger partial charge is 0.259 e. The molecule has 0 aliphatic carbocycles. The summed E-state index contributed by atoms with van der Waals surface area (Å²) in [7, 11) is 1.49. The average molecular weight is 258 g/mol. The number of nitrogens with one attached hydrogen (secondary N) is 1. The predicted octanol–water partition coefficient (Wildman–Crippen LogP) is 2.36. The van der Waals surface area contributed by atoms with Gasteiger partial charge in [0.2, 0.25) is 0 Å². The zero-order valence-electron chi connectivity index (χ0n) is 10.7. The Morgan fingerprint density at radius 3 is 2.79 bits per heavy atom.